The van der Waals surface area contributed by atoms with Crippen molar-refractivity contribution in [1.29, 1.82) is 0 Å². The highest BCUT2D eigenvalue weighted by Crippen LogP contribution is 2.14. The number of carbonyl (C=O) groups excluding carboxylic acids is 1. The van der Waals surface area contributed by atoms with Crippen LogP contribution in [-0.4, -0.2) is 34.1 Å². The molecule has 0 fully saturated rings. The van der Waals surface area contributed by atoms with Gasteiger partial charge in [-0.05, 0) is 0 Å². The molecule has 0 saturated heterocycles. The van der Waals surface area contributed by atoms with E-state index in [9.17, 15) is 14.9 Å². The van der Waals surface area contributed by atoms with E-state index in [-0.39, 0.29) is 24.5 Å². The third kappa shape index (κ3) is 3.56. The average Bonchev–Trinajstić information content (AvgIpc) is 2.75. The number of hydrogen-bond acceptors (Lipinski definition) is 4. The zero-order valence-electron chi connectivity index (χ0n) is 9.69. The van der Waals surface area contributed by atoms with Crippen LogP contribution in [0.4, 0.5) is 5.69 Å². The van der Waals surface area contributed by atoms with Crippen molar-refractivity contribution >= 4 is 11.6 Å². The molecule has 0 aliphatic heterocycles. The predicted molar refractivity (Wildman–Crippen MR) is 60.6 cm³/mol. The molecule has 0 spiro atoms. The van der Waals surface area contributed by atoms with E-state index in [2.05, 4.69) is 10.3 Å². The van der Waals surface area contributed by atoms with Crippen molar-refractivity contribution in [2.24, 2.45) is 5.41 Å². The fourth-order valence-corrected chi connectivity index (χ4v) is 1.09. The molecule has 0 radical (unpaired) electrons. The summed E-state index contributed by atoms with van der Waals surface area (Å²) in [5.74, 6) is -0.431. The number of aliphatic hydroxyl groups excluding tert-OH is 1. The lowest BCUT2D eigenvalue weighted by Crippen LogP contribution is -2.36. The Kier molecular flexibility index (Phi) is 3.84. The average molecular weight is 241 g/mol. The summed E-state index contributed by atoms with van der Waals surface area (Å²) in [6.45, 7) is 3.82. The van der Waals surface area contributed by atoms with Gasteiger partial charge in [0.05, 0.1) is 11.1 Å². The van der Waals surface area contributed by atoms with Crippen LogP contribution < -0.4 is 5.32 Å². The summed E-state index contributed by atoms with van der Waals surface area (Å²) < 4.78 is 0. The standard InChI is InChI=1S/C10H15N3O4/c1-10(2,6-14)5-12-9(15)8-3-7(4-11-8)13(16)17/h3-4,11,14H,5-6H2,1-2H3,(H,12,15). The van der Waals surface area contributed by atoms with Crippen molar-refractivity contribution < 1.29 is 14.8 Å². The summed E-state index contributed by atoms with van der Waals surface area (Å²) >= 11 is 0. The Balaban J connectivity index is 2.61. The van der Waals surface area contributed by atoms with Crippen LogP contribution in [0, 0.1) is 15.5 Å². The zero-order valence-corrected chi connectivity index (χ0v) is 9.69. The van der Waals surface area contributed by atoms with E-state index in [1.165, 1.54) is 6.07 Å². The third-order valence-electron chi connectivity index (χ3n) is 2.28. The summed E-state index contributed by atoms with van der Waals surface area (Å²) in [6.07, 6.45) is 1.16. The number of H-pyrrole nitrogens is 1. The van der Waals surface area contributed by atoms with Crippen LogP contribution >= 0.6 is 0 Å². The Morgan fingerprint density at radius 3 is 2.76 bits per heavy atom. The normalized spacial score (nSPS) is 11.2. The fraction of sp³-hybridized carbons (Fsp3) is 0.500. The van der Waals surface area contributed by atoms with Crippen LogP contribution in [0.3, 0.4) is 0 Å². The summed E-state index contributed by atoms with van der Waals surface area (Å²) in [5, 5.41) is 22.0. The minimum absolute atomic E-state index is 0.0574. The Labute approximate surface area is 98.0 Å². The van der Waals surface area contributed by atoms with Crippen molar-refractivity contribution in [2.45, 2.75) is 13.8 Å². The smallest absolute Gasteiger partial charge is 0.287 e. The molecule has 0 atom stereocenters. The molecular weight excluding hydrogens is 226 g/mol. The van der Waals surface area contributed by atoms with E-state index in [1.807, 2.05) is 0 Å². The summed E-state index contributed by atoms with van der Waals surface area (Å²) in [4.78, 5) is 24.0. The molecule has 0 aliphatic carbocycles. The molecule has 1 aromatic rings. The summed E-state index contributed by atoms with van der Waals surface area (Å²) in [5.41, 5.74) is -0.448. The highest BCUT2D eigenvalue weighted by atomic mass is 16.6. The number of aromatic nitrogens is 1. The van der Waals surface area contributed by atoms with E-state index in [0.717, 1.165) is 6.20 Å². The van der Waals surface area contributed by atoms with Crippen molar-refractivity contribution in [3.8, 4) is 0 Å². The van der Waals surface area contributed by atoms with Gasteiger partial charge in [-0.3, -0.25) is 14.9 Å². The SMILES string of the molecule is CC(C)(CO)CNC(=O)c1cc([N+](=O)[O-])c[nH]1. The van der Waals surface area contributed by atoms with E-state index in [4.69, 9.17) is 5.11 Å². The molecule has 1 heterocycles. The second-order valence-electron chi connectivity index (χ2n) is 4.53. The van der Waals surface area contributed by atoms with Gasteiger partial charge in [-0.15, -0.1) is 0 Å². The zero-order chi connectivity index (χ0) is 13.1. The van der Waals surface area contributed by atoms with Gasteiger partial charge in [0, 0.05) is 24.6 Å². The molecule has 7 nitrogen and oxygen atoms in total. The molecule has 0 bridgehead atoms. The Morgan fingerprint density at radius 2 is 2.29 bits per heavy atom. The lowest BCUT2D eigenvalue weighted by Gasteiger charge is -2.21. The van der Waals surface area contributed by atoms with Crippen LogP contribution in [-0.2, 0) is 0 Å². The first-order valence-electron chi connectivity index (χ1n) is 5.07. The van der Waals surface area contributed by atoms with E-state index in [0.29, 0.717) is 0 Å². The van der Waals surface area contributed by atoms with E-state index < -0.39 is 16.2 Å². The molecule has 0 saturated carbocycles. The maximum atomic E-state index is 11.6. The van der Waals surface area contributed by atoms with Gasteiger partial charge in [0.1, 0.15) is 5.69 Å². The summed E-state index contributed by atoms with van der Waals surface area (Å²) in [7, 11) is 0. The van der Waals surface area contributed by atoms with Crippen molar-refractivity contribution in [1.82, 2.24) is 10.3 Å². The number of aromatic amines is 1. The highest BCUT2D eigenvalue weighted by Gasteiger charge is 2.19. The number of hydrogen-bond donors (Lipinski definition) is 3. The molecule has 94 valence electrons. The van der Waals surface area contributed by atoms with Gasteiger partial charge < -0.3 is 15.4 Å². The Bertz CT molecular complexity index is 425. The highest BCUT2D eigenvalue weighted by molar-refractivity contribution is 5.93. The van der Waals surface area contributed by atoms with Gasteiger partial charge in [-0.1, -0.05) is 13.8 Å². The quantitative estimate of drug-likeness (QED) is 0.520. The fourth-order valence-electron chi connectivity index (χ4n) is 1.09. The molecule has 0 aromatic carbocycles. The number of aliphatic hydroxyl groups is 1. The third-order valence-corrected chi connectivity index (χ3v) is 2.28. The lowest BCUT2D eigenvalue weighted by atomic mass is 9.95. The number of nitrogens with one attached hydrogen (secondary N) is 2. The first-order valence-corrected chi connectivity index (χ1v) is 5.07. The first kappa shape index (κ1) is 13.2. The Hall–Kier alpha value is -1.89. The molecule has 7 heteroatoms. The molecule has 1 rings (SSSR count). The number of carbonyl (C=O) groups is 1. The van der Waals surface area contributed by atoms with Gasteiger partial charge in [0.25, 0.3) is 11.6 Å². The summed E-state index contributed by atoms with van der Waals surface area (Å²) in [6, 6.07) is 1.17. The lowest BCUT2D eigenvalue weighted by molar-refractivity contribution is -0.384. The monoisotopic (exact) mass is 241 g/mol. The second-order valence-corrected chi connectivity index (χ2v) is 4.53. The van der Waals surface area contributed by atoms with Crippen molar-refractivity contribution in [2.75, 3.05) is 13.2 Å². The van der Waals surface area contributed by atoms with Gasteiger partial charge in [0.2, 0.25) is 0 Å². The van der Waals surface area contributed by atoms with E-state index in [1.54, 1.807) is 13.8 Å². The van der Waals surface area contributed by atoms with Crippen LogP contribution in [0.5, 0.6) is 0 Å². The largest absolute Gasteiger partial charge is 0.396 e. The first-order chi connectivity index (χ1) is 7.85. The van der Waals surface area contributed by atoms with Crippen molar-refractivity contribution in [3.05, 3.63) is 28.1 Å². The van der Waals surface area contributed by atoms with E-state index >= 15 is 0 Å². The molecule has 1 aromatic heterocycles. The topological polar surface area (TPSA) is 108 Å². The number of rotatable bonds is 5. The predicted octanol–water partition coefficient (Wildman–Crippen LogP) is 0.671. The molecular formula is C10H15N3O4. The maximum Gasteiger partial charge on any atom is 0.287 e. The molecule has 17 heavy (non-hydrogen) atoms. The Morgan fingerprint density at radius 1 is 1.65 bits per heavy atom. The maximum absolute atomic E-state index is 11.6. The van der Waals surface area contributed by atoms with Crippen molar-refractivity contribution in [3.63, 3.8) is 0 Å². The van der Waals surface area contributed by atoms with Gasteiger partial charge >= 0.3 is 0 Å². The van der Waals surface area contributed by atoms with Gasteiger partial charge in [-0.25, -0.2) is 0 Å². The second kappa shape index (κ2) is 4.96. The van der Waals surface area contributed by atoms with Crippen LogP contribution in [0.1, 0.15) is 24.3 Å². The molecule has 3 N–H and O–H groups in total. The minimum Gasteiger partial charge on any atom is -0.396 e. The minimum atomic E-state index is -0.578. The van der Waals surface area contributed by atoms with Crippen LogP contribution in [0.2, 0.25) is 0 Å². The van der Waals surface area contributed by atoms with Gasteiger partial charge in [-0.2, -0.15) is 0 Å². The number of nitrogens with zero attached hydrogens (tertiary/aromatic N) is 1. The van der Waals surface area contributed by atoms with Gasteiger partial charge in [0.15, 0.2) is 0 Å². The van der Waals surface area contributed by atoms with Crippen LogP contribution in [0.25, 0.3) is 0 Å². The number of nitro groups is 1. The molecule has 1 amide bonds. The molecule has 0 aliphatic rings. The number of amides is 1. The van der Waals surface area contributed by atoms with Crippen LogP contribution in [0.15, 0.2) is 12.3 Å². The molecule has 0 unspecified atom stereocenters.